The molecule has 0 fully saturated rings. The first kappa shape index (κ1) is 7.19. The summed E-state index contributed by atoms with van der Waals surface area (Å²) < 4.78 is 0. The van der Waals surface area contributed by atoms with Crippen molar-refractivity contribution in [1.29, 1.82) is 5.26 Å². The monoisotopic (exact) mass is 153 g/mol. The van der Waals surface area contributed by atoms with Gasteiger partial charge in [0.2, 0.25) is 0 Å². The maximum absolute atomic E-state index is 8.39. The molecule has 1 rings (SSSR count). The summed E-state index contributed by atoms with van der Waals surface area (Å²) in [6.45, 7) is 1.88. The molecular weight excluding hydrogens is 146 g/mol. The Morgan fingerprint density at radius 3 is 3.00 bits per heavy atom. The summed E-state index contributed by atoms with van der Waals surface area (Å²) in [5, 5.41) is 11.0. The number of thiazole rings is 1. The number of aryl methyl sites for hydroxylation is 1. The molecule has 0 spiro atoms. The third kappa shape index (κ3) is 1.32. The summed E-state index contributed by atoms with van der Waals surface area (Å²) >= 11 is 1.42. The minimum absolute atomic E-state index is 0.557. The normalized spacial score (nSPS) is 12.5. The van der Waals surface area contributed by atoms with Crippen LogP contribution in [0.3, 0.4) is 0 Å². The molecule has 0 saturated heterocycles. The maximum Gasteiger partial charge on any atom is 0.145 e. The Morgan fingerprint density at radius 1 is 1.90 bits per heavy atom. The molecule has 2 N–H and O–H groups in total. The SMILES string of the molecule is Cc1csc(C(N)C#N)n1. The Bertz CT molecular complexity index is 260. The number of aromatic nitrogens is 1. The molecule has 1 heterocycles. The summed E-state index contributed by atoms with van der Waals surface area (Å²) in [6, 6.07) is 1.36. The summed E-state index contributed by atoms with van der Waals surface area (Å²) in [5.74, 6) is 0. The quantitative estimate of drug-likeness (QED) is 0.654. The molecule has 1 atom stereocenters. The molecule has 0 aliphatic carbocycles. The smallest absolute Gasteiger partial charge is 0.145 e. The fourth-order valence-electron chi connectivity index (χ4n) is 0.570. The lowest BCUT2D eigenvalue weighted by atomic mass is 10.4. The predicted octanol–water partition coefficient (Wildman–Crippen LogP) is 0.975. The van der Waals surface area contributed by atoms with Gasteiger partial charge in [0, 0.05) is 11.1 Å². The highest BCUT2D eigenvalue weighted by Gasteiger charge is 2.06. The van der Waals surface area contributed by atoms with Gasteiger partial charge >= 0.3 is 0 Å². The van der Waals surface area contributed by atoms with E-state index in [1.807, 2.05) is 18.4 Å². The van der Waals surface area contributed by atoms with Crippen molar-refractivity contribution in [3.63, 3.8) is 0 Å². The average Bonchev–Trinajstić information content (AvgIpc) is 2.34. The second kappa shape index (κ2) is 2.78. The fourth-order valence-corrected chi connectivity index (χ4v) is 1.31. The molecule has 0 radical (unpaired) electrons. The number of nitrogens with zero attached hydrogens (tertiary/aromatic N) is 2. The van der Waals surface area contributed by atoms with Crippen molar-refractivity contribution in [3.05, 3.63) is 16.1 Å². The molecule has 0 aliphatic heterocycles. The lowest BCUT2D eigenvalue weighted by Crippen LogP contribution is -2.06. The number of hydrogen-bond acceptors (Lipinski definition) is 4. The van der Waals surface area contributed by atoms with Gasteiger partial charge in [0.1, 0.15) is 11.0 Å². The molecule has 52 valence electrons. The van der Waals surface area contributed by atoms with Crippen LogP contribution in [0.25, 0.3) is 0 Å². The lowest BCUT2D eigenvalue weighted by molar-refractivity contribution is 0.901. The molecule has 4 heteroatoms. The minimum Gasteiger partial charge on any atom is -0.310 e. The van der Waals surface area contributed by atoms with E-state index in [2.05, 4.69) is 4.98 Å². The van der Waals surface area contributed by atoms with Crippen LogP contribution in [0, 0.1) is 18.3 Å². The van der Waals surface area contributed by atoms with E-state index in [-0.39, 0.29) is 0 Å². The Labute approximate surface area is 63.1 Å². The number of nitrogens with two attached hydrogens (primary N) is 1. The second-order valence-electron chi connectivity index (χ2n) is 1.93. The van der Waals surface area contributed by atoms with E-state index in [1.165, 1.54) is 11.3 Å². The third-order valence-corrected chi connectivity index (χ3v) is 2.09. The zero-order valence-electron chi connectivity index (χ0n) is 5.53. The minimum atomic E-state index is -0.557. The Balaban J connectivity index is 2.87. The highest BCUT2D eigenvalue weighted by atomic mass is 32.1. The molecule has 0 aliphatic rings. The standard InChI is InChI=1S/C6H7N3S/c1-4-3-10-6(9-4)5(8)2-7/h3,5H,8H2,1H3. The Kier molecular flexibility index (Phi) is 2.00. The van der Waals surface area contributed by atoms with Gasteiger partial charge in [-0.3, -0.25) is 0 Å². The zero-order chi connectivity index (χ0) is 7.56. The molecule has 10 heavy (non-hydrogen) atoms. The van der Waals surface area contributed by atoms with Gasteiger partial charge in [0.05, 0.1) is 6.07 Å². The fraction of sp³-hybridized carbons (Fsp3) is 0.333. The summed E-state index contributed by atoms with van der Waals surface area (Å²) in [4.78, 5) is 4.05. The molecule has 3 nitrogen and oxygen atoms in total. The molecule has 1 aromatic heterocycles. The molecule has 1 aromatic rings. The second-order valence-corrected chi connectivity index (χ2v) is 2.82. The maximum atomic E-state index is 8.39. The van der Waals surface area contributed by atoms with Gasteiger partial charge in [-0.1, -0.05) is 0 Å². The first-order chi connectivity index (χ1) is 4.74. The van der Waals surface area contributed by atoms with Crippen LogP contribution in [0.4, 0.5) is 0 Å². The van der Waals surface area contributed by atoms with E-state index in [9.17, 15) is 0 Å². The van der Waals surface area contributed by atoms with Gasteiger partial charge in [0.15, 0.2) is 0 Å². The van der Waals surface area contributed by atoms with E-state index in [0.29, 0.717) is 5.01 Å². The zero-order valence-corrected chi connectivity index (χ0v) is 6.35. The molecule has 0 aromatic carbocycles. The summed E-state index contributed by atoms with van der Waals surface area (Å²) in [7, 11) is 0. The van der Waals surface area contributed by atoms with Gasteiger partial charge in [-0.2, -0.15) is 5.26 Å². The number of nitriles is 1. The van der Waals surface area contributed by atoms with Crippen LogP contribution in [0.1, 0.15) is 16.7 Å². The van der Waals surface area contributed by atoms with Gasteiger partial charge in [-0.05, 0) is 6.92 Å². The first-order valence-electron chi connectivity index (χ1n) is 2.81. The largest absolute Gasteiger partial charge is 0.310 e. The van der Waals surface area contributed by atoms with Crippen LogP contribution in [-0.2, 0) is 0 Å². The van der Waals surface area contributed by atoms with Gasteiger partial charge in [0.25, 0.3) is 0 Å². The number of rotatable bonds is 1. The lowest BCUT2D eigenvalue weighted by Gasteiger charge is -1.92. The molecular formula is C6H7N3S. The summed E-state index contributed by atoms with van der Waals surface area (Å²) in [5.41, 5.74) is 6.32. The van der Waals surface area contributed by atoms with Crippen LogP contribution in [0.2, 0.25) is 0 Å². The third-order valence-electron chi connectivity index (χ3n) is 1.04. The molecule has 0 saturated carbocycles. The van der Waals surface area contributed by atoms with Gasteiger partial charge in [-0.15, -0.1) is 11.3 Å². The van der Waals surface area contributed by atoms with Gasteiger partial charge < -0.3 is 5.73 Å². The topological polar surface area (TPSA) is 62.7 Å². The highest BCUT2D eigenvalue weighted by molar-refractivity contribution is 7.09. The molecule has 0 amide bonds. The summed E-state index contributed by atoms with van der Waals surface area (Å²) in [6.07, 6.45) is 0. The van der Waals surface area contributed by atoms with Crippen molar-refractivity contribution in [1.82, 2.24) is 4.98 Å². The first-order valence-corrected chi connectivity index (χ1v) is 3.69. The van der Waals surface area contributed by atoms with Crippen LogP contribution >= 0.6 is 11.3 Å². The van der Waals surface area contributed by atoms with E-state index in [1.54, 1.807) is 0 Å². The van der Waals surface area contributed by atoms with Crippen molar-refractivity contribution in [3.8, 4) is 6.07 Å². The van der Waals surface area contributed by atoms with Crippen molar-refractivity contribution in [2.24, 2.45) is 5.73 Å². The van der Waals surface area contributed by atoms with E-state index in [0.717, 1.165) is 5.69 Å². The average molecular weight is 153 g/mol. The molecule has 1 unspecified atom stereocenters. The molecule has 0 bridgehead atoms. The van der Waals surface area contributed by atoms with Crippen molar-refractivity contribution in [2.45, 2.75) is 13.0 Å². The number of hydrogen-bond donors (Lipinski definition) is 1. The highest BCUT2D eigenvalue weighted by Crippen LogP contribution is 2.14. The van der Waals surface area contributed by atoms with Crippen LogP contribution in [0.15, 0.2) is 5.38 Å². The van der Waals surface area contributed by atoms with Gasteiger partial charge in [-0.25, -0.2) is 4.98 Å². The van der Waals surface area contributed by atoms with E-state index in [4.69, 9.17) is 11.0 Å². The van der Waals surface area contributed by atoms with E-state index < -0.39 is 6.04 Å². The van der Waals surface area contributed by atoms with Crippen molar-refractivity contribution in [2.75, 3.05) is 0 Å². The Hall–Kier alpha value is -0.920. The van der Waals surface area contributed by atoms with Crippen LogP contribution < -0.4 is 5.73 Å². The van der Waals surface area contributed by atoms with E-state index >= 15 is 0 Å². The Morgan fingerprint density at radius 2 is 2.60 bits per heavy atom. The van der Waals surface area contributed by atoms with Crippen molar-refractivity contribution >= 4 is 11.3 Å². The predicted molar refractivity (Wildman–Crippen MR) is 39.4 cm³/mol. The van der Waals surface area contributed by atoms with Crippen LogP contribution in [0.5, 0.6) is 0 Å². The van der Waals surface area contributed by atoms with Crippen molar-refractivity contribution < 1.29 is 0 Å². The van der Waals surface area contributed by atoms with Crippen LogP contribution in [-0.4, -0.2) is 4.98 Å².